The molecule has 0 N–H and O–H groups in total. The van der Waals surface area contributed by atoms with Crippen LogP contribution < -0.4 is 0 Å². The van der Waals surface area contributed by atoms with Crippen molar-refractivity contribution >= 4 is 41.2 Å². The highest BCUT2D eigenvalue weighted by atomic mass is 32.2. The molecule has 2 fully saturated rings. The highest BCUT2D eigenvalue weighted by Crippen LogP contribution is 2.43. The van der Waals surface area contributed by atoms with Crippen molar-refractivity contribution in [3.05, 3.63) is 41.8 Å². The predicted octanol–water partition coefficient (Wildman–Crippen LogP) is 2.02. The number of benzene rings is 1. The van der Waals surface area contributed by atoms with Crippen molar-refractivity contribution in [1.82, 2.24) is 8.61 Å². The van der Waals surface area contributed by atoms with Gasteiger partial charge in [-0.3, -0.25) is 0 Å². The topological polar surface area (TPSA) is 109 Å². The lowest BCUT2D eigenvalue weighted by atomic mass is 9.78. The standard InChI is InChI=1S/C19H24N2O6S4/c1-29(22,23)16-4-6-17(7-5-16)30(24,25)21-13-10-19(15-21)8-11-20(12-9-19)31(26,27)18-3-2-14-28-18/h2-7,14H,8-13,15H2,1H3. The van der Waals surface area contributed by atoms with Gasteiger partial charge in [0, 0.05) is 32.4 Å². The summed E-state index contributed by atoms with van der Waals surface area (Å²) in [6.45, 7) is 1.46. The Balaban J connectivity index is 1.46. The van der Waals surface area contributed by atoms with Crippen LogP contribution in [0.15, 0.2) is 55.8 Å². The molecule has 0 atom stereocenters. The molecule has 1 spiro atoms. The predicted molar refractivity (Wildman–Crippen MR) is 118 cm³/mol. The van der Waals surface area contributed by atoms with E-state index >= 15 is 0 Å². The Labute approximate surface area is 187 Å². The molecule has 2 saturated heterocycles. The molecule has 4 rings (SSSR count). The maximum atomic E-state index is 13.1. The van der Waals surface area contributed by atoms with E-state index in [2.05, 4.69) is 0 Å². The van der Waals surface area contributed by atoms with Crippen LogP contribution in [0.2, 0.25) is 0 Å². The van der Waals surface area contributed by atoms with Crippen LogP contribution >= 0.6 is 11.3 Å². The lowest BCUT2D eigenvalue weighted by Crippen LogP contribution is -2.44. The van der Waals surface area contributed by atoms with Gasteiger partial charge in [-0.1, -0.05) is 6.07 Å². The molecule has 0 amide bonds. The number of piperidine rings is 1. The molecule has 0 unspecified atom stereocenters. The van der Waals surface area contributed by atoms with Crippen LogP contribution in [-0.4, -0.2) is 66.3 Å². The van der Waals surface area contributed by atoms with Gasteiger partial charge in [-0.15, -0.1) is 11.3 Å². The first-order valence-corrected chi connectivity index (χ1v) is 15.4. The molecule has 31 heavy (non-hydrogen) atoms. The fourth-order valence-electron chi connectivity index (χ4n) is 4.25. The highest BCUT2D eigenvalue weighted by molar-refractivity contribution is 7.91. The summed E-state index contributed by atoms with van der Waals surface area (Å²) in [5.74, 6) is 0. The summed E-state index contributed by atoms with van der Waals surface area (Å²) < 4.78 is 78.1. The largest absolute Gasteiger partial charge is 0.252 e. The maximum absolute atomic E-state index is 13.1. The van der Waals surface area contributed by atoms with Gasteiger partial charge in [0.05, 0.1) is 9.79 Å². The summed E-state index contributed by atoms with van der Waals surface area (Å²) in [6.07, 6.45) is 2.97. The van der Waals surface area contributed by atoms with E-state index in [1.54, 1.807) is 17.5 Å². The van der Waals surface area contributed by atoms with Crippen LogP contribution in [0.5, 0.6) is 0 Å². The first-order valence-electron chi connectivity index (χ1n) is 9.78. The van der Waals surface area contributed by atoms with Crippen LogP contribution in [0.1, 0.15) is 19.3 Å². The average molecular weight is 505 g/mol. The molecule has 12 heteroatoms. The average Bonchev–Trinajstić information content (AvgIpc) is 3.39. The van der Waals surface area contributed by atoms with Gasteiger partial charge in [0.15, 0.2) is 9.84 Å². The lowest BCUT2D eigenvalue weighted by molar-refractivity contribution is 0.168. The van der Waals surface area contributed by atoms with Crippen LogP contribution in [0.4, 0.5) is 0 Å². The van der Waals surface area contributed by atoms with Gasteiger partial charge in [-0.25, -0.2) is 25.3 Å². The van der Waals surface area contributed by atoms with E-state index in [0.29, 0.717) is 49.7 Å². The van der Waals surface area contributed by atoms with Gasteiger partial charge >= 0.3 is 0 Å². The SMILES string of the molecule is CS(=O)(=O)c1ccc(S(=O)(=O)N2CCC3(CCN(S(=O)(=O)c4cccs4)CC3)C2)cc1. The van der Waals surface area contributed by atoms with E-state index in [0.717, 1.165) is 6.26 Å². The van der Waals surface area contributed by atoms with Crippen molar-refractivity contribution in [2.24, 2.45) is 5.41 Å². The third kappa shape index (κ3) is 4.33. The second-order valence-electron chi connectivity index (χ2n) is 8.17. The van der Waals surface area contributed by atoms with Crippen LogP contribution in [-0.2, 0) is 29.9 Å². The Morgan fingerprint density at radius 1 is 0.774 bits per heavy atom. The Morgan fingerprint density at radius 2 is 1.32 bits per heavy atom. The summed E-state index contributed by atoms with van der Waals surface area (Å²) in [6, 6.07) is 8.58. The number of hydrogen-bond acceptors (Lipinski definition) is 7. The molecule has 0 bridgehead atoms. The number of nitrogens with zero attached hydrogens (tertiary/aromatic N) is 2. The number of sulfone groups is 1. The van der Waals surface area contributed by atoms with Gasteiger partial charge in [-0.2, -0.15) is 8.61 Å². The Morgan fingerprint density at radius 3 is 1.84 bits per heavy atom. The Bertz CT molecular complexity index is 1260. The van der Waals surface area contributed by atoms with Gasteiger partial charge in [-0.05, 0) is 60.4 Å². The summed E-state index contributed by atoms with van der Waals surface area (Å²) in [5.41, 5.74) is -0.235. The maximum Gasteiger partial charge on any atom is 0.252 e. The van der Waals surface area contributed by atoms with Crippen molar-refractivity contribution in [3.8, 4) is 0 Å². The van der Waals surface area contributed by atoms with Gasteiger partial charge in [0.2, 0.25) is 10.0 Å². The number of hydrogen-bond donors (Lipinski definition) is 0. The smallest absolute Gasteiger partial charge is 0.224 e. The number of thiophene rings is 1. The zero-order valence-corrected chi connectivity index (χ0v) is 20.2. The molecule has 0 aliphatic carbocycles. The minimum Gasteiger partial charge on any atom is -0.224 e. The van der Waals surface area contributed by atoms with Crippen molar-refractivity contribution in [2.45, 2.75) is 33.3 Å². The molecule has 3 heterocycles. The van der Waals surface area contributed by atoms with Crippen LogP contribution in [0.3, 0.4) is 0 Å². The van der Waals surface area contributed by atoms with Crippen LogP contribution in [0, 0.1) is 5.41 Å². The highest BCUT2D eigenvalue weighted by Gasteiger charge is 2.46. The van der Waals surface area contributed by atoms with E-state index < -0.39 is 29.9 Å². The summed E-state index contributed by atoms with van der Waals surface area (Å²) >= 11 is 1.20. The molecule has 2 aliphatic heterocycles. The quantitative estimate of drug-likeness (QED) is 0.616. The minimum atomic E-state index is -3.75. The minimum absolute atomic E-state index is 0.0645. The third-order valence-corrected chi connectivity index (χ3v) is 12.4. The first kappa shape index (κ1) is 22.9. The normalized spacial score (nSPS) is 20.9. The van der Waals surface area contributed by atoms with Crippen molar-refractivity contribution in [3.63, 3.8) is 0 Å². The zero-order chi connectivity index (χ0) is 22.5. The molecule has 0 saturated carbocycles. The lowest BCUT2D eigenvalue weighted by Gasteiger charge is -2.38. The monoisotopic (exact) mass is 504 g/mol. The number of rotatable bonds is 5. The van der Waals surface area contributed by atoms with E-state index in [1.165, 1.54) is 44.2 Å². The van der Waals surface area contributed by atoms with E-state index in [9.17, 15) is 25.3 Å². The molecule has 1 aromatic heterocycles. The van der Waals surface area contributed by atoms with Crippen LogP contribution in [0.25, 0.3) is 0 Å². The molecule has 8 nitrogen and oxygen atoms in total. The zero-order valence-electron chi connectivity index (χ0n) is 17.0. The molecule has 0 radical (unpaired) electrons. The molecule has 2 aliphatic rings. The Hall–Kier alpha value is -1.31. The van der Waals surface area contributed by atoms with Crippen molar-refractivity contribution in [2.75, 3.05) is 32.4 Å². The second kappa shape index (κ2) is 7.92. The molecular weight excluding hydrogens is 480 g/mol. The van der Waals surface area contributed by atoms with E-state index in [-0.39, 0.29) is 15.2 Å². The molecule has 1 aromatic carbocycles. The fourth-order valence-corrected chi connectivity index (χ4v) is 9.02. The second-order valence-corrected chi connectivity index (χ2v) is 15.2. The van der Waals surface area contributed by atoms with Gasteiger partial charge < -0.3 is 0 Å². The first-order chi connectivity index (χ1) is 14.4. The summed E-state index contributed by atoms with van der Waals surface area (Å²) in [5, 5.41) is 1.74. The van der Waals surface area contributed by atoms with E-state index in [1.807, 2.05) is 0 Å². The molecule has 170 valence electrons. The summed E-state index contributed by atoms with van der Waals surface area (Å²) in [4.78, 5) is 0.137. The summed E-state index contributed by atoms with van der Waals surface area (Å²) in [7, 11) is -10.6. The third-order valence-electron chi connectivity index (χ3n) is 6.17. The molecular formula is C19H24N2O6S4. The van der Waals surface area contributed by atoms with Gasteiger partial charge in [0.1, 0.15) is 4.21 Å². The van der Waals surface area contributed by atoms with Crippen molar-refractivity contribution in [1.29, 1.82) is 0 Å². The fraction of sp³-hybridized carbons (Fsp3) is 0.474. The van der Waals surface area contributed by atoms with Crippen molar-refractivity contribution < 1.29 is 25.3 Å². The Kier molecular flexibility index (Phi) is 5.85. The number of sulfonamides is 2. The van der Waals surface area contributed by atoms with Gasteiger partial charge in [0.25, 0.3) is 10.0 Å². The molecule has 2 aromatic rings. The van der Waals surface area contributed by atoms with E-state index in [4.69, 9.17) is 0 Å².